The van der Waals surface area contributed by atoms with Crippen molar-refractivity contribution in [2.24, 2.45) is 13.0 Å². The Balaban J connectivity index is 1.74. The molecule has 2 aliphatic rings. The van der Waals surface area contributed by atoms with Crippen LogP contribution in [0.5, 0.6) is 0 Å². The minimum atomic E-state index is -0.701. The van der Waals surface area contributed by atoms with Gasteiger partial charge in [0, 0.05) is 25.6 Å². The molecule has 1 aliphatic heterocycles. The van der Waals surface area contributed by atoms with Gasteiger partial charge >= 0.3 is 5.69 Å². The lowest BCUT2D eigenvalue weighted by Crippen LogP contribution is -2.51. The molecule has 3 rings (SSSR count). The number of aryl methyl sites for hydroxylation is 1. The Bertz CT molecular complexity index is 634. The maximum Gasteiger partial charge on any atom is 0.345 e. The number of hydrogen-bond donors (Lipinski definition) is 1. The van der Waals surface area contributed by atoms with Gasteiger partial charge in [-0.3, -0.25) is 9.36 Å². The summed E-state index contributed by atoms with van der Waals surface area (Å²) in [5.74, 6) is 0.0535. The largest absolute Gasteiger partial charge is 0.390 e. The van der Waals surface area contributed by atoms with Gasteiger partial charge in [-0.25, -0.2) is 9.48 Å². The summed E-state index contributed by atoms with van der Waals surface area (Å²) in [5, 5.41) is 14.7. The highest BCUT2D eigenvalue weighted by molar-refractivity contribution is 5.76. The first kappa shape index (κ1) is 16.2. The number of aliphatic hydroxyl groups is 1. The zero-order chi connectivity index (χ0) is 16.6. The molecule has 0 radical (unpaired) electrons. The van der Waals surface area contributed by atoms with Crippen LogP contribution in [0.1, 0.15) is 45.4 Å². The molecule has 0 aromatic carbocycles. The molecule has 2 heterocycles. The Morgan fingerprint density at radius 3 is 2.83 bits per heavy atom. The van der Waals surface area contributed by atoms with Gasteiger partial charge in [-0.2, -0.15) is 5.10 Å². The molecule has 128 valence electrons. The third kappa shape index (κ3) is 3.06. The normalized spacial score (nSPS) is 31.5. The fraction of sp³-hybridized carbons (Fsp3) is 0.812. The predicted molar refractivity (Wildman–Crippen MR) is 84.8 cm³/mol. The summed E-state index contributed by atoms with van der Waals surface area (Å²) in [6, 6.07) is 0.0808. The lowest BCUT2D eigenvalue weighted by atomic mass is 9.72. The molecular weight excluding hydrogens is 296 g/mol. The number of nitrogens with zero attached hydrogens (tertiary/aromatic N) is 4. The molecular formula is C16H26N4O3. The summed E-state index contributed by atoms with van der Waals surface area (Å²) in [4.78, 5) is 26.4. The van der Waals surface area contributed by atoms with Gasteiger partial charge in [0.2, 0.25) is 5.91 Å². The van der Waals surface area contributed by atoms with Crippen LogP contribution in [0.2, 0.25) is 0 Å². The molecule has 1 aromatic heterocycles. The van der Waals surface area contributed by atoms with Gasteiger partial charge in [-0.15, -0.1) is 0 Å². The molecule has 0 bridgehead atoms. The fourth-order valence-electron chi connectivity index (χ4n) is 4.22. The molecule has 1 aromatic rings. The van der Waals surface area contributed by atoms with E-state index in [1.807, 2.05) is 11.8 Å². The Hall–Kier alpha value is -1.63. The minimum Gasteiger partial charge on any atom is -0.390 e. The fourth-order valence-corrected chi connectivity index (χ4v) is 4.22. The Labute approximate surface area is 135 Å². The van der Waals surface area contributed by atoms with Crippen molar-refractivity contribution in [2.75, 3.05) is 6.54 Å². The van der Waals surface area contributed by atoms with Crippen LogP contribution < -0.4 is 5.69 Å². The molecule has 2 fully saturated rings. The number of carbonyl (C=O) groups is 1. The first-order valence-electron chi connectivity index (χ1n) is 8.50. The topological polar surface area (TPSA) is 80.4 Å². The van der Waals surface area contributed by atoms with Crippen LogP contribution in [0, 0.1) is 5.92 Å². The number of amides is 1. The highest BCUT2D eigenvalue weighted by Gasteiger charge is 2.44. The summed E-state index contributed by atoms with van der Waals surface area (Å²) in [5.41, 5.74) is -0.980. The molecule has 1 amide bonds. The van der Waals surface area contributed by atoms with Crippen LogP contribution >= 0.6 is 0 Å². The van der Waals surface area contributed by atoms with Crippen molar-refractivity contribution >= 4 is 5.91 Å². The van der Waals surface area contributed by atoms with Crippen LogP contribution in [-0.4, -0.2) is 48.4 Å². The van der Waals surface area contributed by atoms with E-state index in [2.05, 4.69) is 5.10 Å². The third-order valence-corrected chi connectivity index (χ3v) is 5.50. The third-order valence-electron chi connectivity index (χ3n) is 5.50. The van der Waals surface area contributed by atoms with Gasteiger partial charge < -0.3 is 10.0 Å². The summed E-state index contributed by atoms with van der Waals surface area (Å²) < 4.78 is 2.57. The van der Waals surface area contributed by atoms with Crippen LogP contribution in [0.4, 0.5) is 0 Å². The predicted octanol–water partition coefficient (Wildman–Crippen LogP) is 0.514. The molecule has 0 spiro atoms. The zero-order valence-corrected chi connectivity index (χ0v) is 13.9. The first-order chi connectivity index (χ1) is 10.9. The second-order valence-electron chi connectivity index (χ2n) is 7.19. The van der Waals surface area contributed by atoms with E-state index in [1.54, 1.807) is 7.05 Å². The molecule has 1 saturated heterocycles. The van der Waals surface area contributed by atoms with Crippen LogP contribution in [-0.2, 0) is 18.4 Å². The minimum absolute atomic E-state index is 0.0228. The van der Waals surface area contributed by atoms with Gasteiger partial charge in [-0.1, -0.05) is 12.8 Å². The number of carbonyl (C=O) groups excluding carboxylic acids is 1. The Morgan fingerprint density at radius 2 is 2.17 bits per heavy atom. The summed E-state index contributed by atoms with van der Waals surface area (Å²) in [7, 11) is 1.62. The maximum atomic E-state index is 12.7. The van der Waals surface area contributed by atoms with Gasteiger partial charge in [0.25, 0.3) is 0 Å². The lowest BCUT2D eigenvalue weighted by Gasteiger charge is -2.43. The Morgan fingerprint density at radius 1 is 1.39 bits per heavy atom. The number of rotatable bonds is 3. The van der Waals surface area contributed by atoms with Crippen LogP contribution in [0.3, 0.4) is 0 Å². The average Bonchev–Trinajstić information content (AvgIpc) is 3.09. The molecule has 23 heavy (non-hydrogen) atoms. The Kier molecular flexibility index (Phi) is 4.31. The maximum absolute atomic E-state index is 12.7. The molecule has 1 saturated carbocycles. The highest BCUT2D eigenvalue weighted by atomic mass is 16.3. The summed E-state index contributed by atoms with van der Waals surface area (Å²) in [6.45, 7) is 2.59. The number of hydrogen-bond acceptors (Lipinski definition) is 4. The second kappa shape index (κ2) is 6.11. The molecule has 0 unspecified atom stereocenters. The molecule has 7 heteroatoms. The smallest absolute Gasteiger partial charge is 0.345 e. The molecule has 3 atom stereocenters. The van der Waals surface area contributed by atoms with E-state index in [4.69, 9.17) is 0 Å². The molecule has 1 aliphatic carbocycles. The van der Waals surface area contributed by atoms with Crippen molar-refractivity contribution in [3.63, 3.8) is 0 Å². The van der Waals surface area contributed by atoms with Crippen molar-refractivity contribution in [3.8, 4) is 0 Å². The highest BCUT2D eigenvalue weighted by Crippen LogP contribution is 2.40. The van der Waals surface area contributed by atoms with Gasteiger partial charge in [0.15, 0.2) is 0 Å². The number of likely N-dealkylation sites (tertiary alicyclic amines) is 1. The first-order valence-corrected chi connectivity index (χ1v) is 8.50. The van der Waals surface area contributed by atoms with E-state index >= 15 is 0 Å². The van der Waals surface area contributed by atoms with Crippen molar-refractivity contribution in [1.29, 1.82) is 0 Å². The van der Waals surface area contributed by atoms with Crippen molar-refractivity contribution in [3.05, 3.63) is 16.8 Å². The lowest BCUT2D eigenvalue weighted by molar-refractivity contribution is -0.137. The van der Waals surface area contributed by atoms with Gasteiger partial charge in [0.05, 0.1) is 5.60 Å². The molecule has 7 nitrogen and oxygen atoms in total. The van der Waals surface area contributed by atoms with Crippen LogP contribution in [0.25, 0.3) is 0 Å². The van der Waals surface area contributed by atoms with Crippen molar-refractivity contribution < 1.29 is 9.90 Å². The molecule has 1 N–H and O–H groups in total. The van der Waals surface area contributed by atoms with E-state index < -0.39 is 5.60 Å². The van der Waals surface area contributed by atoms with E-state index in [-0.39, 0.29) is 30.1 Å². The summed E-state index contributed by atoms with van der Waals surface area (Å²) in [6.07, 6.45) is 7.24. The number of aromatic nitrogens is 3. The van der Waals surface area contributed by atoms with Crippen LogP contribution in [0.15, 0.2) is 11.1 Å². The standard InChI is InChI=1S/C16H26N4O3/c1-16(23)8-4-3-6-12(16)13-7-5-9-19(13)14(21)10-20-15(22)18(2)11-17-20/h11-13,23H,3-10H2,1-2H3/t12-,13+,16-/m0/s1. The van der Waals surface area contributed by atoms with E-state index in [0.717, 1.165) is 38.5 Å². The zero-order valence-electron chi connectivity index (χ0n) is 13.9. The average molecular weight is 322 g/mol. The van der Waals surface area contributed by atoms with E-state index in [1.165, 1.54) is 15.6 Å². The van der Waals surface area contributed by atoms with Gasteiger partial charge in [0.1, 0.15) is 12.9 Å². The quantitative estimate of drug-likeness (QED) is 0.879. The van der Waals surface area contributed by atoms with Crippen molar-refractivity contribution in [1.82, 2.24) is 19.2 Å². The van der Waals surface area contributed by atoms with E-state index in [0.29, 0.717) is 6.54 Å². The van der Waals surface area contributed by atoms with E-state index in [9.17, 15) is 14.7 Å². The van der Waals surface area contributed by atoms with Gasteiger partial charge in [-0.05, 0) is 32.6 Å². The van der Waals surface area contributed by atoms with Crippen molar-refractivity contribution in [2.45, 2.75) is 63.6 Å². The SMILES string of the molecule is Cn1cnn(CC(=O)N2CCC[C@@H]2[C@@H]2CCCC[C@]2(C)O)c1=O. The summed E-state index contributed by atoms with van der Waals surface area (Å²) >= 11 is 0. The second-order valence-corrected chi connectivity index (χ2v) is 7.19. The monoisotopic (exact) mass is 322 g/mol.